The summed E-state index contributed by atoms with van der Waals surface area (Å²) in [5.74, 6) is 0.439. The summed E-state index contributed by atoms with van der Waals surface area (Å²) in [6.45, 7) is 2.52. The first kappa shape index (κ1) is 14.5. The minimum atomic E-state index is -4.22. The number of hydrogen-bond acceptors (Lipinski definition) is 5. The van der Waals surface area contributed by atoms with Crippen molar-refractivity contribution < 1.29 is 13.2 Å². The van der Waals surface area contributed by atoms with Crippen molar-refractivity contribution in [3.05, 3.63) is 18.1 Å². The first-order chi connectivity index (χ1) is 9.43. The number of nitrogens with zero attached hydrogens (tertiary/aromatic N) is 5. The molecule has 0 spiro atoms. The van der Waals surface area contributed by atoms with Crippen LogP contribution in [-0.4, -0.2) is 53.3 Å². The number of alkyl halides is 3. The zero-order valence-corrected chi connectivity index (χ0v) is 10.9. The van der Waals surface area contributed by atoms with Gasteiger partial charge in [0.1, 0.15) is 12.1 Å². The van der Waals surface area contributed by atoms with E-state index in [4.69, 9.17) is 5.26 Å². The van der Waals surface area contributed by atoms with Crippen LogP contribution in [-0.2, 0) is 0 Å². The first-order valence-corrected chi connectivity index (χ1v) is 6.20. The Morgan fingerprint density at radius 2 is 1.80 bits per heavy atom. The molecule has 0 radical (unpaired) electrons. The fraction of sp³-hybridized carbons (Fsp3) is 0.583. The van der Waals surface area contributed by atoms with Gasteiger partial charge in [0.2, 0.25) is 0 Å². The van der Waals surface area contributed by atoms with Gasteiger partial charge >= 0.3 is 6.18 Å². The number of aromatic nitrogens is 2. The lowest BCUT2D eigenvalue weighted by Crippen LogP contribution is -2.54. The van der Waals surface area contributed by atoms with E-state index in [1.165, 1.54) is 24.2 Å². The Hall–Kier alpha value is -1.88. The molecule has 1 unspecified atom stereocenters. The summed E-state index contributed by atoms with van der Waals surface area (Å²) in [6.07, 6.45) is -1.32. The van der Waals surface area contributed by atoms with Crippen LogP contribution in [0.2, 0.25) is 0 Å². The second-order valence-electron chi connectivity index (χ2n) is 4.58. The Morgan fingerprint density at radius 1 is 1.20 bits per heavy atom. The maximum Gasteiger partial charge on any atom is 0.403 e. The van der Waals surface area contributed by atoms with E-state index in [1.54, 1.807) is 4.90 Å². The van der Waals surface area contributed by atoms with Crippen LogP contribution in [0.5, 0.6) is 0 Å². The van der Waals surface area contributed by atoms with Crippen molar-refractivity contribution in [2.24, 2.45) is 0 Å². The van der Waals surface area contributed by atoms with Gasteiger partial charge in [-0.05, 0) is 6.92 Å². The van der Waals surface area contributed by atoms with Gasteiger partial charge in [-0.25, -0.2) is 9.97 Å². The lowest BCUT2D eigenvalue weighted by molar-refractivity contribution is -0.179. The molecule has 0 aliphatic carbocycles. The molecule has 0 amide bonds. The molecule has 1 saturated heterocycles. The van der Waals surface area contributed by atoms with E-state index in [9.17, 15) is 13.2 Å². The van der Waals surface area contributed by atoms with Crippen molar-refractivity contribution in [3.8, 4) is 6.07 Å². The Bertz CT molecular complexity index is 503. The van der Waals surface area contributed by atoms with Crippen LogP contribution in [0.3, 0.4) is 0 Å². The fourth-order valence-corrected chi connectivity index (χ4v) is 2.17. The SMILES string of the molecule is CC(N1CCN(c2nccnc2C#N)CC1)C(F)(F)F. The van der Waals surface area contributed by atoms with E-state index in [-0.39, 0.29) is 18.8 Å². The fourth-order valence-electron chi connectivity index (χ4n) is 2.17. The standard InChI is InChI=1S/C12H14F3N5/c1-9(12(13,14)15)19-4-6-20(7-5-19)11-10(8-16)17-2-3-18-11/h2-3,9H,4-7H2,1H3. The lowest BCUT2D eigenvalue weighted by atomic mass is 10.2. The number of hydrogen-bond donors (Lipinski definition) is 0. The molecule has 1 aliphatic heterocycles. The maximum absolute atomic E-state index is 12.7. The average Bonchev–Trinajstić information content (AvgIpc) is 2.45. The highest BCUT2D eigenvalue weighted by atomic mass is 19.4. The Morgan fingerprint density at radius 3 is 2.35 bits per heavy atom. The molecule has 20 heavy (non-hydrogen) atoms. The van der Waals surface area contributed by atoms with Crippen LogP contribution < -0.4 is 4.90 Å². The topological polar surface area (TPSA) is 56.1 Å². The van der Waals surface area contributed by atoms with Gasteiger partial charge < -0.3 is 4.90 Å². The first-order valence-electron chi connectivity index (χ1n) is 6.20. The Balaban J connectivity index is 2.03. The number of anilines is 1. The molecule has 0 N–H and O–H groups in total. The van der Waals surface area contributed by atoms with Crippen molar-refractivity contribution in [2.75, 3.05) is 31.1 Å². The minimum absolute atomic E-state index is 0.199. The van der Waals surface area contributed by atoms with E-state index >= 15 is 0 Å². The monoisotopic (exact) mass is 285 g/mol. The highest BCUT2D eigenvalue weighted by molar-refractivity contribution is 5.49. The average molecular weight is 285 g/mol. The second kappa shape index (κ2) is 5.63. The third-order valence-electron chi connectivity index (χ3n) is 3.42. The van der Waals surface area contributed by atoms with Gasteiger partial charge in [0.15, 0.2) is 11.5 Å². The van der Waals surface area contributed by atoms with Gasteiger partial charge in [0, 0.05) is 38.6 Å². The van der Waals surface area contributed by atoms with Crippen molar-refractivity contribution in [1.82, 2.24) is 14.9 Å². The van der Waals surface area contributed by atoms with Gasteiger partial charge in [0.25, 0.3) is 0 Å². The minimum Gasteiger partial charge on any atom is -0.352 e. The molecular weight excluding hydrogens is 271 g/mol. The van der Waals surface area contributed by atoms with Gasteiger partial charge in [-0.1, -0.05) is 0 Å². The molecule has 0 aromatic carbocycles. The summed E-state index contributed by atoms with van der Waals surface area (Å²) in [6, 6.07) is 0.486. The van der Waals surface area contributed by atoms with Crippen LogP contribution in [0.15, 0.2) is 12.4 Å². The number of piperazine rings is 1. The van der Waals surface area contributed by atoms with Crippen molar-refractivity contribution in [1.29, 1.82) is 5.26 Å². The molecule has 1 aliphatic rings. The Labute approximate surface area is 114 Å². The van der Waals surface area contributed by atoms with Gasteiger partial charge in [-0.2, -0.15) is 18.4 Å². The molecule has 1 fully saturated rings. The van der Waals surface area contributed by atoms with Gasteiger partial charge in [-0.3, -0.25) is 4.90 Å². The molecule has 1 aromatic rings. The molecule has 2 rings (SSSR count). The predicted molar refractivity (Wildman–Crippen MR) is 66.1 cm³/mol. The smallest absolute Gasteiger partial charge is 0.352 e. The molecule has 0 saturated carbocycles. The number of halogens is 3. The van der Waals surface area contributed by atoms with Crippen LogP contribution in [0.1, 0.15) is 12.6 Å². The highest BCUT2D eigenvalue weighted by Crippen LogP contribution is 2.26. The van der Waals surface area contributed by atoms with Gasteiger partial charge in [0.05, 0.1) is 0 Å². The highest BCUT2D eigenvalue weighted by Gasteiger charge is 2.41. The van der Waals surface area contributed by atoms with E-state index in [2.05, 4.69) is 9.97 Å². The summed E-state index contributed by atoms with van der Waals surface area (Å²) in [5, 5.41) is 8.96. The lowest BCUT2D eigenvalue weighted by Gasteiger charge is -2.39. The van der Waals surface area contributed by atoms with Gasteiger partial charge in [-0.15, -0.1) is 0 Å². The molecule has 0 bridgehead atoms. The van der Waals surface area contributed by atoms with E-state index in [1.807, 2.05) is 6.07 Å². The van der Waals surface area contributed by atoms with Crippen molar-refractivity contribution in [2.45, 2.75) is 19.1 Å². The summed E-state index contributed by atoms with van der Waals surface area (Å²) < 4.78 is 38.0. The summed E-state index contributed by atoms with van der Waals surface area (Å²) in [4.78, 5) is 11.2. The normalized spacial score (nSPS) is 18.6. The summed E-state index contributed by atoms with van der Waals surface area (Å²) in [5.41, 5.74) is 0.199. The van der Waals surface area contributed by atoms with E-state index < -0.39 is 12.2 Å². The molecule has 108 valence electrons. The third kappa shape index (κ3) is 2.99. The summed E-state index contributed by atoms with van der Waals surface area (Å²) >= 11 is 0. The molecule has 8 heteroatoms. The largest absolute Gasteiger partial charge is 0.403 e. The zero-order valence-electron chi connectivity index (χ0n) is 10.9. The maximum atomic E-state index is 12.7. The molecule has 2 heterocycles. The predicted octanol–water partition coefficient (Wildman–Crippen LogP) is 1.42. The number of nitriles is 1. The Kier molecular flexibility index (Phi) is 4.09. The zero-order chi connectivity index (χ0) is 14.8. The second-order valence-corrected chi connectivity index (χ2v) is 4.58. The van der Waals surface area contributed by atoms with Crippen LogP contribution in [0.4, 0.5) is 19.0 Å². The van der Waals surface area contributed by atoms with Crippen molar-refractivity contribution >= 4 is 5.82 Å². The molecule has 5 nitrogen and oxygen atoms in total. The van der Waals surface area contributed by atoms with E-state index in [0.717, 1.165) is 0 Å². The molecule has 1 atom stereocenters. The molecule has 1 aromatic heterocycles. The summed E-state index contributed by atoms with van der Waals surface area (Å²) in [7, 11) is 0. The third-order valence-corrected chi connectivity index (χ3v) is 3.42. The van der Waals surface area contributed by atoms with E-state index in [0.29, 0.717) is 18.9 Å². The van der Waals surface area contributed by atoms with Crippen LogP contribution in [0, 0.1) is 11.3 Å². The van der Waals surface area contributed by atoms with Crippen molar-refractivity contribution in [3.63, 3.8) is 0 Å². The quantitative estimate of drug-likeness (QED) is 0.822. The number of rotatable bonds is 2. The van der Waals surface area contributed by atoms with Crippen LogP contribution >= 0.6 is 0 Å². The van der Waals surface area contributed by atoms with Crippen LogP contribution in [0.25, 0.3) is 0 Å². The molecular formula is C12H14F3N5.